The molecule has 0 bridgehead atoms. The monoisotopic (exact) mass is 211 g/mol. The van der Waals surface area contributed by atoms with Crippen molar-refractivity contribution < 1.29 is 0 Å². The second-order valence-corrected chi connectivity index (χ2v) is 5.33. The highest BCUT2D eigenvalue weighted by Gasteiger charge is 2.29. The molecule has 2 unspecified atom stereocenters. The van der Waals surface area contributed by atoms with Crippen LogP contribution in [0.5, 0.6) is 0 Å². The summed E-state index contributed by atoms with van der Waals surface area (Å²) in [5.41, 5.74) is 0. The number of nitrogens with one attached hydrogen (secondary N) is 1. The summed E-state index contributed by atoms with van der Waals surface area (Å²) in [7, 11) is 0. The van der Waals surface area contributed by atoms with E-state index in [1.165, 1.54) is 44.9 Å². The molecule has 1 heteroatoms. The minimum Gasteiger partial charge on any atom is -0.314 e. The Morgan fingerprint density at radius 2 is 1.87 bits per heavy atom. The van der Waals surface area contributed by atoms with Crippen molar-refractivity contribution >= 4 is 0 Å². The second-order valence-electron chi connectivity index (χ2n) is 5.33. The first-order valence-corrected chi connectivity index (χ1v) is 7.01. The molecular formula is C14H29N. The molecular weight excluding hydrogens is 182 g/mol. The molecule has 0 aromatic rings. The van der Waals surface area contributed by atoms with Crippen LogP contribution in [0.1, 0.15) is 65.7 Å². The van der Waals surface area contributed by atoms with Gasteiger partial charge in [-0.15, -0.1) is 0 Å². The van der Waals surface area contributed by atoms with Crippen LogP contribution >= 0.6 is 0 Å². The molecule has 0 radical (unpaired) electrons. The van der Waals surface area contributed by atoms with Crippen molar-refractivity contribution in [2.75, 3.05) is 6.54 Å². The third-order valence-electron chi connectivity index (χ3n) is 3.65. The molecule has 0 aromatic heterocycles. The topological polar surface area (TPSA) is 12.0 Å². The van der Waals surface area contributed by atoms with Crippen molar-refractivity contribution in [1.29, 1.82) is 0 Å². The average molecular weight is 211 g/mol. The predicted octanol–water partition coefficient (Wildman–Crippen LogP) is 3.98. The summed E-state index contributed by atoms with van der Waals surface area (Å²) >= 11 is 0. The van der Waals surface area contributed by atoms with Gasteiger partial charge in [-0.2, -0.15) is 0 Å². The summed E-state index contributed by atoms with van der Waals surface area (Å²) in [6.45, 7) is 8.08. The third-order valence-corrected chi connectivity index (χ3v) is 3.65. The molecule has 0 aromatic carbocycles. The summed E-state index contributed by atoms with van der Waals surface area (Å²) in [5.74, 6) is 1.96. The van der Waals surface area contributed by atoms with E-state index in [0.29, 0.717) is 0 Å². The first-order chi connectivity index (χ1) is 7.27. The molecule has 1 aliphatic carbocycles. The molecule has 1 saturated carbocycles. The molecule has 0 spiro atoms. The normalized spacial score (nSPS) is 20.2. The van der Waals surface area contributed by atoms with Gasteiger partial charge >= 0.3 is 0 Å². The van der Waals surface area contributed by atoms with E-state index < -0.39 is 0 Å². The van der Waals surface area contributed by atoms with E-state index in [2.05, 4.69) is 26.1 Å². The van der Waals surface area contributed by atoms with Gasteiger partial charge in [0.25, 0.3) is 0 Å². The number of hydrogen-bond acceptors (Lipinski definition) is 1. The Kier molecular flexibility index (Phi) is 6.31. The van der Waals surface area contributed by atoms with Crippen LogP contribution in [0.2, 0.25) is 0 Å². The van der Waals surface area contributed by atoms with Crippen molar-refractivity contribution in [2.24, 2.45) is 11.8 Å². The fourth-order valence-corrected chi connectivity index (χ4v) is 2.59. The van der Waals surface area contributed by atoms with Gasteiger partial charge in [-0.1, -0.05) is 46.5 Å². The smallest absolute Gasteiger partial charge is 0.00952 e. The van der Waals surface area contributed by atoms with Crippen LogP contribution in [0.25, 0.3) is 0 Å². The molecule has 0 aliphatic heterocycles. The van der Waals surface area contributed by atoms with E-state index in [4.69, 9.17) is 0 Å². The highest BCUT2D eigenvalue weighted by Crippen LogP contribution is 2.34. The molecule has 15 heavy (non-hydrogen) atoms. The van der Waals surface area contributed by atoms with Crippen LogP contribution in [0.3, 0.4) is 0 Å². The van der Waals surface area contributed by atoms with Crippen LogP contribution in [-0.2, 0) is 0 Å². The Morgan fingerprint density at radius 1 is 1.13 bits per heavy atom. The van der Waals surface area contributed by atoms with Crippen molar-refractivity contribution in [1.82, 2.24) is 5.32 Å². The van der Waals surface area contributed by atoms with Crippen molar-refractivity contribution in [2.45, 2.75) is 71.8 Å². The Bertz CT molecular complexity index is 151. The molecule has 1 rings (SSSR count). The second kappa shape index (κ2) is 7.27. The highest BCUT2D eigenvalue weighted by molar-refractivity contribution is 4.85. The maximum absolute atomic E-state index is 3.65. The zero-order chi connectivity index (χ0) is 11.1. The molecule has 1 aliphatic rings. The Morgan fingerprint density at radius 3 is 2.40 bits per heavy atom. The average Bonchev–Trinajstić information content (AvgIpc) is 3.00. The first kappa shape index (κ1) is 13.0. The van der Waals surface area contributed by atoms with Crippen molar-refractivity contribution in [3.05, 3.63) is 0 Å². The first-order valence-electron chi connectivity index (χ1n) is 7.01. The minimum absolute atomic E-state index is 0.837. The summed E-state index contributed by atoms with van der Waals surface area (Å²) in [6, 6.07) is 0.837. The predicted molar refractivity (Wildman–Crippen MR) is 68.1 cm³/mol. The summed E-state index contributed by atoms with van der Waals surface area (Å²) in [4.78, 5) is 0. The molecule has 0 saturated heterocycles. The molecule has 1 nitrogen and oxygen atoms in total. The van der Waals surface area contributed by atoms with Crippen LogP contribution in [0.15, 0.2) is 0 Å². The molecule has 1 fully saturated rings. The molecule has 0 amide bonds. The third kappa shape index (κ3) is 5.55. The molecule has 2 atom stereocenters. The Labute approximate surface area is 96.0 Å². The maximum atomic E-state index is 3.65. The van der Waals surface area contributed by atoms with Crippen molar-refractivity contribution in [3.8, 4) is 0 Å². The molecule has 0 heterocycles. The lowest BCUT2D eigenvalue weighted by atomic mass is 9.96. The summed E-state index contributed by atoms with van der Waals surface area (Å²) in [6.07, 6.45) is 9.98. The van der Waals surface area contributed by atoms with E-state index >= 15 is 0 Å². The Balaban J connectivity index is 2.05. The van der Waals surface area contributed by atoms with Crippen LogP contribution in [0.4, 0.5) is 0 Å². The fraction of sp³-hybridized carbons (Fsp3) is 1.00. The van der Waals surface area contributed by atoms with E-state index in [0.717, 1.165) is 24.4 Å². The largest absolute Gasteiger partial charge is 0.314 e. The SMILES string of the molecule is CCCC(C)CCCC(NCC)C1CC1. The Hall–Kier alpha value is -0.0400. The van der Waals surface area contributed by atoms with Gasteiger partial charge in [0.2, 0.25) is 0 Å². The molecule has 1 N–H and O–H groups in total. The number of rotatable bonds is 9. The summed E-state index contributed by atoms with van der Waals surface area (Å²) < 4.78 is 0. The zero-order valence-corrected chi connectivity index (χ0v) is 10.9. The van der Waals surface area contributed by atoms with E-state index in [9.17, 15) is 0 Å². The maximum Gasteiger partial charge on any atom is 0.00952 e. The minimum atomic E-state index is 0.837. The van der Waals surface area contributed by atoms with Gasteiger partial charge in [0, 0.05) is 6.04 Å². The zero-order valence-electron chi connectivity index (χ0n) is 10.9. The number of hydrogen-bond donors (Lipinski definition) is 1. The van der Waals surface area contributed by atoms with Gasteiger partial charge in [0.05, 0.1) is 0 Å². The lowest BCUT2D eigenvalue weighted by Gasteiger charge is -2.18. The fourth-order valence-electron chi connectivity index (χ4n) is 2.59. The van der Waals surface area contributed by atoms with Crippen LogP contribution in [0, 0.1) is 11.8 Å². The van der Waals surface area contributed by atoms with E-state index in [1.807, 2.05) is 0 Å². The van der Waals surface area contributed by atoms with Gasteiger partial charge in [-0.3, -0.25) is 0 Å². The van der Waals surface area contributed by atoms with Gasteiger partial charge in [-0.25, -0.2) is 0 Å². The summed E-state index contributed by atoms with van der Waals surface area (Å²) in [5, 5.41) is 3.65. The van der Waals surface area contributed by atoms with E-state index in [1.54, 1.807) is 0 Å². The van der Waals surface area contributed by atoms with Crippen LogP contribution < -0.4 is 5.32 Å². The van der Waals surface area contributed by atoms with Gasteiger partial charge in [-0.05, 0) is 37.6 Å². The van der Waals surface area contributed by atoms with Crippen molar-refractivity contribution in [3.63, 3.8) is 0 Å². The molecule has 90 valence electrons. The lowest BCUT2D eigenvalue weighted by Crippen LogP contribution is -2.30. The van der Waals surface area contributed by atoms with Crippen LogP contribution in [-0.4, -0.2) is 12.6 Å². The highest BCUT2D eigenvalue weighted by atomic mass is 14.9. The van der Waals surface area contributed by atoms with Gasteiger partial charge in [0.1, 0.15) is 0 Å². The van der Waals surface area contributed by atoms with E-state index in [-0.39, 0.29) is 0 Å². The quantitative estimate of drug-likeness (QED) is 0.608. The van der Waals surface area contributed by atoms with Gasteiger partial charge in [0.15, 0.2) is 0 Å². The lowest BCUT2D eigenvalue weighted by molar-refractivity contribution is 0.393. The van der Waals surface area contributed by atoms with Gasteiger partial charge < -0.3 is 5.32 Å². The standard InChI is InChI=1S/C14H29N/c1-4-7-12(3)8-6-9-14(15-5-2)13-10-11-13/h12-15H,4-11H2,1-3H3.